The molecule has 140 valence electrons. The normalized spacial score (nSPS) is 10.6. The number of amides is 2. The Balaban J connectivity index is 2.41. The molecule has 3 N–H and O–H groups in total. The van der Waals surface area contributed by atoms with Crippen molar-refractivity contribution in [3.8, 4) is 5.75 Å². The van der Waals surface area contributed by atoms with E-state index in [2.05, 4.69) is 5.32 Å². The number of hydrogen-bond acceptors (Lipinski definition) is 3. The lowest BCUT2D eigenvalue weighted by Crippen LogP contribution is -2.21. The van der Waals surface area contributed by atoms with E-state index >= 15 is 0 Å². The van der Waals surface area contributed by atoms with Gasteiger partial charge in [-0.15, -0.1) is 0 Å². The molecule has 2 amide bonds. The lowest BCUT2D eigenvalue weighted by molar-refractivity contribution is 0.0993. The fourth-order valence-corrected chi connectivity index (χ4v) is 2.93. The lowest BCUT2D eigenvalue weighted by Gasteiger charge is -2.13. The molecular weight excluding hydrogens is 330 g/mol. The first-order valence-corrected chi connectivity index (χ1v) is 8.91. The minimum absolute atomic E-state index is 0.297. The maximum absolute atomic E-state index is 12.9. The largest absolute Gasteiger partial charge is 0.493 e. The predicted octanol–water partition coefficient (Wildman–Crippen LogP) is 3.43. The molecule has 0 atom stereocenters. The van der Waals surface area contributed by atoms with Crippen LogP contribution in [0.5, 0.6) is 5.75 Å². The summed E-state index contributed by atoms with van der Waals surface area (Å²) in [5.74, 6) is -0.355. The van der Waals surface area contributed by atoms with Gasteiger partial charge in [0.25, 0.3) is 11.8 Å². The smallest absolute Gasteiger partial charge is 0.267 e. The van der Waals surface area contributed by atoms with Gasteiger partial charge in [-0.3, -0.25) is 9.59 Å². The van der Waals surface area contributed by atoms with E-state index in [1.54, 1.807) is 23.7 Å². The van der Waals surface area contributed by atoms with Crippen molar-refractivity contribution in [2.75, 3.05) is 11.9 Å². The maximum atomic E-state index is 12.9. The van der Waals surface area contributed by atoms with E-state index < -0.39 is 5.91 Å². The van der Waals surface area contributed by atoms with E-state index in [-0.39, 0.29) is 5.91 Å². The molecule has 0 aliphatic heterocycles. The molecule has 1 aromatic heterocycles. The van der Waals surface area contributed by atoms with Crippen LogP contribution in [0, 0.1) is 6.92 Å². The molecule has 26 heavy (non-hydrogen) atoms. The number of primary amides is 1. The second-order valence-corrected chi connectivity index (χ2v) is 6.41. The number of nitrogens with two attached hydrogens (primary N) is 1. The van der Waals surface area contributed by atoms with Crippen molar-refractivity contribution in [1.29, 1.82) is 0 Å². The number of nitrogens with zero attached hydrogens (tertiary/aromatic N) is 1. The SMILES string of the molecule is CCCOc1ccc(C)cc1C(=O)Nc1c(CCC)cn(C)c1C(N)=O. The fraction of sp³-hybridized carbons (Fsp3) is 0.400. The molecule has 0 saturated carbocycles. The van der Waals surface area contributed by atoms with Crippen molar-refractivity contribution in [3.63, 3.8) is 0 Å². The van der Waals surface area contributed by atoms with E-state index in [4.69, 9.17) is 10.5 Å². The zero-order valence-corrected chi connectivity index (χ0v) is 15.9. The Morgan fingerprint density at radius 1 is 1.23 bits per heavy atom. The summed E-state index contributed by atoms with van der Waals surface area (Å²) >= 11 is 0. The van der Waals surface area contributed by atoms with Crippen molar-refractivity contribution in [1.82, 2.24) is 4.57 Å². The van der Waals surface area contributed by atoms with Crippen molar-refractivity contribution in [3.05, 3.63) is 46.8 Å². The summed E-state index contributed by atoms with van der Waals surface area (Å²) in [4.78, 5) is 24.8. The van der Waals surface area contributed by atoms with Crippen LogP contribution in [0.2, 0.25) is 0 Å². The first-order valence-electron chi connectivity index (χ1n) is 8.91. The van der Waals surface area contributed by atoms with Crippen LogP contribution in [-0.4, -0.2) is 23.0 Å². The zero-order chi connectivity index (χ0) is 19.3. The van der Waals surface area contributed by atoms with E-state index in [9.17, 15) is 9.59 Å². The number of aromatic nitrogens is 1. The number of rotatable bonds is 8. The molecule has 0 radical (unpaired) electrons. The summed E-state index contributed by atoms with van der Waals surface area (Å²) in [5, 5.41) is 2.89. The van der Waals surface area contributed by atoms with Gasteiger partial charge in [0.05, 0.1) is 17.9 Å². The minimum atomic E-state index is -0.572. The molecule has 2 rings (SSSR count). The highest BCUT2D eigenvalue weighted by Gasteiger charge is 2.22. The second kappa shape index (κ2) is 8.56. The summed E-state index contributed by atoms with van der Waals surface area (Å²) in [6.45, 7) is 6.50. The van der Waals surface area contributed by atoms with Gasteiger partial charge in [-0.05, 0) is 37.5 Å². The van der Waals surface area contributed by atoms with Crippen LogP contribution in [-0.2, 0) is 13.5 Å². The van der Waals surface area contributed by atoms with Crippen LogP contribution in [0.25, 0.3) is 0 Å². The van der Waals surface area contributed by atoms with Gasteiger partial charge in [0.1, 0.15) is 11.4 Å². The summed E-state index contributed by atoms with van der Waals surface area (Å²) in [6.07, 6.45) is 4.31. The number of anilines is 1. The fourth-order valence-electron chi connectivity index (χ4n) is 2.93. The second-order valence-electron chi connectivity index (χ2n) is 6.41. The Morgan fingerprint density at radius 3 is 2.58 bits per heavy atom. The standard InChI is InChI=1S/C20H27N3O3/c1-5-7-14-12-23(4)18(19(21)24)17(14)22-20(25)15-11-13(3)8-9-16(15)26-10-6-2/h8-9,11-12H,5-7,10H2,1-4H3,(H2,21,24)(H,22,25). The Kier molecular flexibility index (Phi) is 6.44. The molecule has 0 aliphatic rings. The molecular formula is C20H27N3O3. The zero-order valence-electron chi connectivity index (χ0n) is 15.9. The Labute approximate surface area is 154 Å². The van der Waals surface area contributed by atoms with Crippen LogP contribution in [0.4, 0.5) is 5.69 Å². The summed E-state index contributed by atoms with van der Waals surface area (Å²) in [6, 6.07) is 5.49. The first kappa shape index (κ1) is 19.6. The molecule has 0 bridgehead atoms. The molecule has 2 aromatic rings. The third-order valence-corrected chi connectivity index (χ3v) is 4.09. The predicted molar refractivity (Wildman–Crippen MR) is 103 cm³/mol. The Morgan fingerprint density at radius 2 is 1.96 bits per heavy atom. The molecule has 0 aliphatic carbocycles. The number of nitrogens with one attached hydrogen (secondary N) is 1. The molecule has 0 saturated heterocycles. The van der Waals surface area contributed by atoms with E-state index in [0.717, 1.165) is 30.4 Å². The minimum Gasteiger partial charge on any atom is -0.493 e. The van der Waals surface area contributed by atoms with Crippen molar-refractivity contribution < 1.29 is 14.3 Å². The lowest BCUT2D eigenvalue weighted by atomic mass is 10.1. The van der Waals surface area contributed by atoms with E-state index in [1.165, 1.54) is 0 Å². The first-order chi connectivity index (χ1) is 12.4. The average molecular weight is 357 g/mol. The Bertz CT molecular complexity index is 809. The summed E-state index contributed by atoms with van der Waals surface area (Å²) in [7, 11) is 1.75. The van der Waals surface area contributed by atoms with E-state index in [1.807, 2.05) is 33.0 Å². The van der Waals surface area contributed by atoms with Gasteiger partial charge < -0.3 is 20.4 Å². The van der Waals surface area contributed by atoms with Crippen LogP contribution in [0.15, 0.2) is 24.4 Å². The van der Waals surface area contributed by atoms with Gasteiger partial charge >= 0.3 is 0 Å². The number of aryl methyl sites for hydroxylation is 3. The molecule has 6 nitrogen and oxygen atoms in total. The third kappa shape index (κ3) is 4.25. The van der Waals surface area contributed by atoms with Gasteiger partial charge in [0.15, 0.2) is 0 Å². The van der Waals surface area contributed by atoms with Gasteiger partial charge in [-0.1, -0.05) is 31.9 Å². The number of carbonyl (C=O) groups is 2. The van der Waals surface area contributed by atoms with E-state index in [0.29, 0.717) is 29.3 Å². The van der Waals surface area contributed by atoms with Crippen LogP contribution in [0.1, 0.15) is 58.7 Å². The van der Waals surface area contributed by atoms with Crippen molar-refractivity contribution in [2.24, 2.45) is 12.8 Å². The van der Waals surface area contributed by atoms with Gasteiger partial charge in [0.2, 0.25) is 0 Å². The van der Waals surface area contributed by atoms with Crippen molar-refractivity contribution in [2.45, 2.75) is 40.0 Å². The molecule has 0 unspecified atom stereocenters. The van der Waals surface area contributed by atoms with Gasteiger partial charge in [-0.2, -0.15) is 0 Å². The summed E-state index contributed by atoms with van der Waals surface area (Å²) < 4.78 is 7.36. The quantitative estimate of drug-likeness (QED) is 0.759. The highest BCUT2D eigenvalue weighted by molar-refractivity contribution is 6.10. The third-order valence-electron chi connectivity index (χ3n) is 4.09. The molecule has 1 heterocycles. The summed E-state index contributed by atoms with van der Waals surface area (Å²) in [5.41, 5.74) is 8.59. The highest BCUT2D eigenvalue weighted by Crippen LogP contribution is 2.27. The maximum Gasteiger partial charge on any atom is 0.267 e. The monoisotopic (exact) mass is 357 g/mol. The van der Waals surface area contributed by atoms with Crippen LogP contribution in [0.3, 0.4) is 0 Å². The number of benzene rings is 1. The number of hydrogen-bond donors (Lipinski definition) is 2. The van der Waals surface area contributed by atoms with Crippen LogP contribution < -0.4 is 15.8 Å². The Hall–Kier alpha value is -2.76. The molecule has 1 aromatic carbocycles. The molecule has 0 fully saturated rings. The topological polar surface area (TPSA) is 86.3 Å². The van der Waals surface area contributed by atoms with Crippen molar-refractivity contribution >= 4 is 17.5 Å². The highest BCUT2D eigenvalue weighted by atomic mass is 16.5. The van der Waals surface area contributed by atoms with Gasteiger partial charge in [0, 0.05) is 13.2 Å². The number of ether oxygens (including phenoxy) is 1. The molecule has 0 spiro atoms. The number of carbonyl (C=O) groups excluding carboxylic acids is 2. The molecule has 6 heteroatoms. The van der Waals surface area contributed by atoms with Crippen LogP contribution >= 0.6 is 0 Å². The average Bonchev–Trinajstić information content (AvgIpc) is 2.89. The van der Waals surface area contributed by atoms with Gasteiger partial charge in [-0.25, -0.2) is 0 Å².